The molecule has 1 saturated heterocycles. The van der Waals surface area contributed by atoms with Crippen molar-refractivity contribution in [2.75, 3.05) is 18.0 Å². The Kier molecular flexibility index (Phi) is 3.09. The number of hydrogen-bond donors (Lipinski definition) is 0. The highest BCUT2D eigenvalue weighted by Crippen LogP contribution is 2.47. The lowest BCUT2D eigenvalue weighted by Crippen LogP contribution is -2.38. The average Bonchev–Trinajstić information content (AvgIpc) is 3.08. The highest BCUT2D eigenvalue weighted by molar-refractivity contribution is 7.17. The molecule has 0 amide bonds. The molecule has 2 heterocycles. The Morgan fingerprint density at radius 3 is 2.45 bits per heavy atom. The fourth-order valence-corrected chi connectivity index (χ4v) is 5.32. The first-order chi connectivity index (χ1) is 9.76. The number of nitrogens with zero attached hydrogens (tertiary/aromatic N) is 2. The SMILES string of the molecule is O=C1CCCc2nc(N3CCC4(CCCC4)CC3)sc21. The van der Waals surface area contributed by atoms with Gasteiger partial charge in [-0.15, -0.1) is 0 Å². The fraction of sp³-hybridized carbons (Fsp3) is 0.750. The number of aromatic nitrogens is 1. The molecule has 20 heavy (non-hydrogen) atoms. The molecule has 4 heteroatoms. The van der Waals surface area contributed by atoms with Gasteiger partial charge in [0, 0.05) is 19.5 Å². The van der Waals surface area contributed by atoms with Crippen LogP contribution in [0, 0.1) is 5.41 Å². The van der Waals surface area contributed by atoms with Crippen LogP contribution < -0.4 is 4.90 Å². The van der Waals surface area contributed by atoms with Crippen LogP contribution in [-0.2, 0) is 6.42 Å². The molecule has 3 aliphatic rings. The van der Waals surface area contributed by atoms with E-state index in [1.54, 1.807) is 11.3 Å². The number of carbonyl (C=O) groups is 1. The molecule has 0 N–H and O–H groups in total. The van der Waals surface area contributed by atoms with Gasteiger partial charge < -0.3 is 4.90 Å². The van der Waals surface area contributed by atoms with Crippen molar-refractivity contribution in [1.82, 2.24) is 4.98 Å². The standard InChI is InChI=1S/C16H22N2OS/c19-13-5-3-4-12-14(13)20-15(17-12)18-10-8-16(9-11-18)6-1-2-7-16/h1-11H2. The van der Waals surface area contributed by atoms with Crippen LogP contribution in [0.3, 0.4) is 0 Å². The lowest BCUT2D eigenvalue weighted by atomic mass is 9.77. The van der Waals surface area contributed by atoms with Crippen LogP contribution in [0.15, 0.2) is 0 Å². The van der Waals surface area contributed by atoms with Crippen molar-refractivity contribution in [2.24, 2.45) is 5.41 Å². The lowest BCUT2D eigenvalue weighted by molar-refractivity contribution is 0.0976. The number of ketones is 1. The molecule has 108 valence electrons. The van der Waals surface area contributed by atoms with Gasteiger partial charge in [-0.05, 0) is 43.9 Å². The number of aryl methyl sites for hydroxylation is 1. The second-order valence-electron chi connectivity index (χ2n) is 6.74. The molecule has 0 aromatic carbocycles. The van der Waals surface area contributed by atoms with Crippen molar-refractivity contribution in [2.45, 2.75) is 57.8 Å². The van der Waals surface area contributed by atoms with Gasteiger partial charge in [-0.2, -0.15) is 0 Å². The Hall–Kier alpha value is -0.900. The highest BCUT2D eigenvalue weighted by atomic mass is 32.1. The van der Waals surface area contributed by atoms with Crippen LogP contribution in [0.5, 0.6) is 0 Å². The Balaban J connectivity index is 1.50. The predicted octanol–water partition coefficient (Wildman–Crippen LogP) is 3.82. The molecule has 2 fully saturated rings. The number of piperidine rings is 1. The van der Waals surface area contributed by atoms with Crippen molar-refractivity contribution >= 4 is 22.3 Å². The fourth-order valence-electron chi connectivity index (χ4n) is 4.19. The average molecular weight is 290 g/mol. The molecule has 3 nitrogen and oxygen atoms in total. The monoisotopic (exact) mass is 290 g/mol. The first-order valence-corrected chi connectivity index (χ1v) is 8.85. The molecule has 4 rings (SSSR count). The van der Waals surface area contributed by atoms with Gasteiger partial charge >= 0.3 is 0 Å². The van der Waals surface area contributed by atoms with E-state index in [1.165, 1.54) is 38.5 Å². The molecule has 1 aliphatic heterocycles. The summed E-state index contributed by atoms with van der Waals surface area (Å²) in [5.74, 6) is 0.319. The Bertz CT molecular complexity index is 521. The van der Waals surface area contributed by atoms with Gasteiger partial charge in [-0.3, -0.25) is 4.79 Å². The van der Waals surface area contributed by atoms with Gasteiger partial charge in [0.1, 0.15) is 0 Å². The normalized spacial score (nSPS) is 25.2. The third-order valence-electron chi connectivity index (χ3n) is 5.52. The molecular weight excluding hydrogens is 268 g/mol. The van der Waals surface area contributed by atoms with Gasteiger partial charge in [-0.1, -0.05) is 24.2 Å². The van der Waals surface area contributed by atoms with Crippen LogP contribution in [0.25, 0.3) is 0 Å². The van der Waals surface area contributed by atoms with Crippen molar-refractivity contribution in [3.05, 3.63) is 10.6 Å². The first-order valence-electron chi connectivity index (χ1n) is 8.04. The predicted molar refractivity (Wildman–Crippen MR) is 81.7 cm³/mol. The van der Waals surface area contributed by atoms with Crippen LogP contribution in [0.1, 0.15) is 66.7 Å². The van der Waals surface area contributed by atoms with Crippen molar-refractivity contribution in [3.63, 3.8) is 0 Å². The molecule has 1 aromatic heterocycles. The summed E-state index contributed by atoms with van der Waals surface area (Å²) in [5, 5.41) is 1.11. The van der Waals surface area contributed by atoms with E-state index in [1.807, 2.05) is 0 Å². The van der Waals surface area contributed by atoms with Crippen LogP contribution in [0.4, 0.5) is 5.13 Å². The Labute approximate surface area is 124 Å². The van der Waals surface area contributed by atoms with E-state index >= 15 is 0 Å². The maximum atomic E-state index is 11.9. The second kappa shape index (κ2) is 4.83. The zero-order chi connectivity index (χ0) is 13.6. The van der Waals surface area contributed by atoms with E-state index in [4.69, 9.17) is 4.98 Å². The number of Topliss-reactive ketones (excluding diaryl/α,β-unsaturated/α-hetero) is 1. The van der Waals surface area contributed by atoms with Gasteiger partial charge in [-0.25, -0.2) is 4.98 Å². The van der Waals surface area contributed by atoms with E-state index in [2.05, 4.69) is 4.90 Å². The molecule has 1 spiro atoms. The molecule has 1 aromatic rings. The maximum Gasteiger partial charge on any atom is 0.186 e. The number of thiazole rings is 1. The molecule has 0 atom stereocenters. The van der Waals surface area contributed by atoms with Crippen LogP contribution >= 0.6 is 11.3 Å². The molecule has 0 unspecified atom stereocenters. The molecule has 0 radical (unpaired) electrons. The number of fused-ring (bicyclic) bond motifs is 1. The topological polar surface area (TPSA) is 33.2 Å². The molecule has 2 aliphatic carbocycles. The van der Waals surface area contributed by atoms with E-state index in [9.17, 15) is 4.79 Å². The minimum absolute atomic E-state index is 0.319. The summed E-state index contributed by atoms with van der Waals surface area (Å²) >= 11 is 1.65. The number of anilines is 1. The summed E-state index contributed by atoms with van der Waals surface area (Å²) < 4.78 is 0. The van der Waals surface area contributed by atoms with Gasteiger partial charge in [0.2, 0.25) is 0 Å². The molecule has 0 bridgehead atoms. The minimum atomic E-state index is 0.319. The third kappa shape index (κ3) is 2.09. The Morgan fingerprint density at radius 1 is 1.00 bits per heavy atom. The van der Waals surface area contributed by atoms with E-state index in [0.717, 1.165) is 48.1 Å². The maximum absolute atomic E-state index is 11.9. The summed E-state index contributed by atoms with van der Waals surface area (Å²) in [6.07, 6.45) is 11.1. The van der Waals surface area contributed by atoms with E-state index in [-0.39, 0.29) is 0 Å². The lowest BCUT2D eigenvalue weighted by Gasteiger charge is -2.39. The number of hydrogen-bond acceptors (Lipinski definition) is 4. The number of rotatable bonds is 1. The summed E-state index contributed by atoms with van der Waals surface area (Å²) in [6.45, 7) is 2.28. The van der Waals surface area contributed by atoms with Crippen molar-refractivity contribution < 1.29 is 4.79 Å². The summed E-state index contributed by atoms with van der Waals surface area (Å²) in [6, 6.07) is 0. The summed E-state index contributed by atoms with van der Waals surface area (Å²) in [5.41, 5.74) is 1.73. The van der Waals surface area contributed by atoms with Gasteiger partial charge in [0.15, 0.2) is 10.9 Å². The molecular formula is C16H22N2OS. The highest BCUT2D eigenvalue weighted by Gasteiger charge is 2.37. The zero-order valence-electron chi connectivity index (χ0n) is 12.0. The Morgan fingerprint density at radius 2 is 1.75 bits per heavy atom. The summed E-state index contributed by atoms with van der Waals surface area (Å²) in [4.78, 5) is 20.1. The van der Waals surface area contributed by atoms with Gasteiger partial charge in [0.05, 0.1) is 10.6 Å². The zero-order valence-corrected chi connectivity index (χ0v) is 12.8. The number of carbonyl (C=O) groups excluding carboxylic acids is 1. The third-order valence-corrected chi connectivity index (χ3v) is 6.72. The van der Waals surface area contributed by atoms with E-state index < -0.39 is 0 Å². The smallest absolute Gasteiger partial charge is 0.186 e. The van der Waals surface area contributed by atoms with E-state index in [0.29, 0.717) is 11.2 Å². The largest absolute Gasteiger partial charge is 0.348 e. The first kappa shape index (κ1) is 12.8. The summed E-state index contributed by atoms with van der Waals surface area (Å²) in [7, 11) is 0. The van der Waals surface area contributed by atoms with Crippen molar-refractivity contribution in [3.8, 4) is 0 Å². The van der Waals surface area contributed by atoms with Gasteiger partial charge in [0.25, 0.3) is 0 Å². The van der Waals surface area contributed by atoms with Crippen molar-refractivity contribution in [1.29, 1.82) is 0 Å². The molecule has 1 saturated carbocycles. The second-order valence-corrected chi connectivity index (χ2v) is 7.72. The van der Waals surface area contributed by atoms with Crippen LogP contribution in [0.2, 0.25) is 0 Å². The quantitative estimate of drug-likeness (QED) is 0.788. The minimum Gasteiger partial charge on any atom is -0.348 e. The van der Waals surface area contributed by atoms with Crippen LogP contribution in [-0.4, -0.2) is 23.9 Å².